The Hall–Kier alpha value is -4.00. The van der Waals surface area contributed by atoms with Gasteiger partial charge in [0.15, 0.2) is 0 Å². The van der Waals surface area contributed by atoms with E-state index in [1.165, 1.54) is 0 Å². The first kappa shape index (κ1) is 18.4. The fourth-order valence-electron chi connectivity index (χ4n) is 2.96. The molecule has 7 heteroatoms. The molecule has 0 atom stereocenters. The van der Waals surface area contributed by atoms with Gasteiger partial charge in [0.25, 0.3) is 5.91 Å². The molecule has 0 aliphatic heterocycles. The first-order valence-electron chi connectivity index (χ1n) is 9.25. The van der Waals surface area contributed by atoms with E-state index in [0.29, 0.717) is 40.5 Å². The Labute approximate surface area is 167 Å². The van der Waals surface area contributed by atoms with Crippen molar-refractivity contribution in [1.29, 1.82) is 0 Å². The monoisotopic (exact) mass is 385 g/mol. The summed E-state index contributed by atoms with van der Waals surface area (Å²) in [4.78, 5) is 33.6. The summed E-state index contributed by atoms with van der Waals surface area (Å²) in [7, 11) is 0. The molecule has 0 unspecified atom stereocenters. The van der Waals surface area contributed by atoms with Crippen LogP contribution < -0.4 is 10.6 Å². The average molecular weight is 385 g/mol. The van der Waals surface area contributed by atoms with Crippen LogP contribution in [0.15, 0.2) is 73.1 Å². The Morgan fingerprint density at radius 3 is 2.66 bits per heavy atom. The molecule has 4 rings (SSSR count). The van der Waals surface area contributed by atoms with Gasteiger partial charge in [0.05, 0.1) is 5.69 Å². The maximum absolute atomic E-state index is 13.0. The summed E-state index contributed by atoms with van der Waals surface area (Å²) < 4.78 is 1.81. The molecule has 7 nitrogen and oxygen atoms in total. The maximum atomic E-state index is 13.0. The first-order chi connectivity index (χ1) is 14.2. The Morgan fingerprint density at radius 2 is 1.86 bits per heavy atom. The van der Waals surface area contributed by atoms with Crippen molar-refractivity contribution in [3.8, 4) is 11.4 Å². The van der Waals surface area contributed by atoms with Gasteiger partial charge in [0, 0.05) is 30.1 Å². The van der Waals surface area contributed by atoms with Gasteiger partial charge in [0.1, 0.15) is 17.2 Å². The van der Waals surface area contributed by atoms with Crippen molar-refractivity contribution < 1.29 is 9.59 Å². The van der Waals surface area contributed by atoms with Crippen LogP contribution in [0.3, 0.4) is 0 Å². The number of aromatic nitrogens is 3. The molecule has 0 aliphatic carbocycles. The second-order valence-electron chi connectivity index (χ2n) is 6.39. The van der Waals surface area contributed by atoms with Gasteiger partial charge in [-0.05, 0) is 42.5 Å². The van der Waals surface area contributed by atoms with E-state index in [0.717, 1.165) is 0 Å². The highest BCUT2D eigenvalue weighted by atomic mass is 16.2. The minimum Gasteiger partial charge on any atom is -0.326 e. The molecule has 2 N–H and O–H groups in total. The standard InChI is InChI=1S/C22H19N5O2/c1-2-19(28)24-16-9-7-8-15(14-16)22(29)26-21-20(17-10-3-5-12-23-17)25-18-11-4-6-13-27(18)21/h3-14H,2H2,1H3,(H,24,28)(H,26,29). The molecule has 0 saturated carbocycles. The van der Waals surface area contributed by atoms with Crippen LogP contribution in [0, 0.1) is 0 Å². The van der Waals surface area contributed by atoms with E-state index < -0.39 is 0 Å². The molecule has 3 aromatic heterocycles. The van der Waals surface area contributed by atoms with E-state index in [1.807, 2.05) is 47.0 Å². The van der Waals surface area contributed by atoms with Crippen molar-refractivity contribution in [3.05, 3.63) is 78.6 Å². The fraction of sp³-hybridized carbons (Fsp3) is 0.0909. The summed E-state index contributed by atoms with van der Waals surface area (Å²) in [5.74, 6) is 0.120. The van der Waals surface area contributed by atoms with Crippen LogP contribution in [0.5, 0.6) is 0 Å². The normalized spacial score (nSPS) is 10.7. The molecular formula is C22H19N5O2. The van der Waals surface area contributed by atoms with Gasteiger partial charge in [0.2, 0.25) is 5.91 Å². The van der Waals surface area contributed by atoms with Crippen molar-refractivity contribution in [1.82, 2.24) is 14.4 Å². The number of amides is 2. The molecule has 29 heavy (non-hydrogen) atoms. The van der Waals surface area contributed by atoms with Gasteiger partial charge in [-0.15, -0.1) is 0 Å². The number of hydrogen-bond donors (Lipinski definition) is 2. The number of carbonyl (C=O) groups excluding carboxylic acids is 2. The number of fused-ring (bicyclic) bond motifs is 1. The van der Waals surface area contributed by atoms with Crippen LogP contribution in [-0.4, -0.2) is 26.2 Å². The number of rotatable bonds is 5. The van der Waals surface area contributed by atoms with Crippen molar-refractivity contribution in [3.63, 3.8) is 0 Å². The summed E-state index contributed by atoms with van der Waals surface area (Å²) in [6.07, 6.45) is 3.89. The number of imidazole rings is 1. The highest BCUT2D eigenvalue weighted by Crippen LogP contribution is 2.27. The molecule has 0 fully saturated rings. The van der Waals surface area contributed by atoms with Gasteiger partial charge in [-0.1, -0.05) is 25.1 Å². The second-order valence-corrected chi connectivity index (χ2v) is 6.39. The zero-order chi connectivity index (χ0) is 20.2. The smallest absolute Gasteiger partial charge is 0.256 e. The molecule has 4 aromatic rings. The van der Waals surface area contributed by atoms with E-state index in [1.54, 1.807) is 37.4 Å². The average Bonchev–Trinajstić information content (AvgIpc) is 3.13. The zero-order valence-electron chi connectivity index (χ0n) is 15.8. The molecule has 2 amide bonds. The Kier molecular flexibility index (Phi) is 5.03. The van der Waals surface area contributed by atoms with Crippen molar-refractivity contribution in [2.24, 2.45) is 0 Å². The first-order valence-corrected chi connectivity index (χ1v) is 9.25. The molecular weight excluding hydrogens is 366 g/mol. The molecule has 0 spiro atoms. The van der Waals surface area contributed by atoms with Crippen LogP contribution in [0.25, 0.3) is 17.0 Å². The molecule has 0 saturated heterocycles. The SMILES string of the molecule is CCC(=O)Nc1cccc(C(=O)Nc2c(-c3ccccn3)nc3ccccn23)c1. The third-order valence-corrected chi connectivity index (χ3v) is 4.40. The van der Waals surface area contributed by atoms with Crippen LogP contribution >= 0.6 is 0 Å². The van der Waals surface area contributed by atoms with E-state index >= 15 is 0 Å². The third kappa shape index (κ3) is 3.84. The van der Waals surface area contributed by atoms with Gasteiger partial charge in [-0.2, -0.15) is 0 Å². The van der Waals surface area contributed by atoms with Gasteiger partial charge >= 0.3 is 0 Å². The summed E-state index contributed by atoms with van der Waals surface area (Å²) in [5, 5.41) is 5.72. The Balaban J connectivity index is 1.70. The highest BCUT2D eigenvalue weighted by Gasteiger charge is 2.18. The van der Waals surface area contributed by atoms with E-state index in [-0.39, 0.29) is 11.8 Å². The number of pyridine rings is 2. The second kappa shape index (κ2) is 7.93. The largest absolute Gasteiger partial charge is 0.326 e. The summed E-state index contributed by atoms with van der Waals surface area (Å²) in [6, 6.07) is 18.0. The predicted molar refractivity (Wildman–Crippen MR) is 112 cm³/mol. The lowest BCUT2D eigenvalue weighted by atomic mass is 10.2. The third-order valence-electron chi connectivity index (χ3n) is 4.40. The number of nitrogens with one attached hydrogen (secondary N) is 2. The lowest BCUT2D eigenvalue weighted by Crippen LogP contribution is -2.15. The minimum absolute atomic E-state index is 0.109. The quantitative estimate of drug-likeness (QED) is 0.544. The Morgan fingerprint density at radius 1 is 1.00 bits per heavy atom. The number of anilines is 2. The van der Waals surface area contributed by atoms with Gasteiger partial charge < -0.3 is 10.6 Å². The highest BCUT2D eigenvalue weighted by molar-refractivity contribution is 6.06. The van der Waals surface area contributed by atoms with Gasteiger partial charge in [-0.25, -0.2) is 4.98 Å². The van der Waals surface area contributed by atoms with Crippen molar-refractivity contribution in [2.75, 3.05) is 10.6 Å². The number of nitrogens with zero attached hydrogens (tertiary/aromatic N) is 3. The lowest BCUT2D eigenvalue weighted by Gasteiger charge is -2.09. The molecule has 144 valence electrons. The molecule has 0 bridgehead atoms. The van der Waals surface area contributed by atoms with Crippen molar-refractivity contribution in [2.45, 2.75) is 13.3 Å². The van der Waals surface area contributed by atoms with Crippen molar-refractivity contribution >= 4 is 29.0 Å². The topological polar surface area (TPSA) is 88.4 Å². The van der Waals surface area contributed by atoms with E-state index in [9.17, 15) is 9.59 Å². The molecule has 0 radical (unpaired) electrons. The molecule has 1 aromatic carbocycles. The van der Waals surface area contributed by atoms with Crippen LogP contribution in [0.2, 0.25) is 0 Å². The number of benzene rings is 1. The molecule has 0 aliphatic rings. The summed E-state index contributed by atoms with van der Waals surface area (Å²) in [5.41, 5.74) is 2.95. The lowest BCUT2D eigenvalue weighted by molar-refractivity contribution is -0.115. The summed E-state index contributed by atoms with van der Waals surface area (Å²) >= 11 is 0. The fourth-order valence-corrected chi connectivity index (χ4v) is 2.96. The Bertz CT molecular complexity index is 1180. The zero-order valence-corrected chi connectivity index (χ0v) is 15.8. The predicted octanol–water partition coefficient (Wildman–Crippen LogP) is 4.00. The number of hydrogen-bond acceptors (Lipinski definition) is 4. The van der Waals surface area contributed by atoms with Crippen LogP contribution in [0.1, 0.15) is 23.7 Å². The summed E-state index contributed by atoms with van der Waals surface area (Å²) in [6.45, 7) is 1.77. The van der Waals surface area contributed by atoms with Crippen LogP contribution in [-0.2, 0) is 4.79 Å². The van der Waals surface area contributed by atoms with E-state index in [2.05, 4.69) is 20.6 Å². The van der Waals surface area contributed by atoms with E-state index in [4.69, 9.17) is 0 Å². The van der Waals surface area contributed by atoms with Crippen LogP contribution in [0.4, 0.5) is 11.5 Å². The maximum Gasteiger partial charge on any atom is 0.256 e. The minimum atomic E-state index is -0.305. The molecule has 3 heterocycles. The van der Waals surface area contributed by atoms with Gasteiger partial charge in [-0.3, -0.25) is 19.0 Å². The number of carbonyl (C=O) groups is 2.